The van der Waals surface area contributed by atoms with Crippen molar-refractivity contribution in [2.75, 3.05) is 12.9 Å². The molecule has 0 spiro atoms. The molecule has 0 amide bonds. The summed E-state index contributed by atoms with van der Waals surface area (Å²) >= 11 is 0. The van der Waals surface area contributed by atoms with E-state index in [-0.39, 0.29) is 17.9 Å². The Morgan fingerprint density at radius 2 is 1.84 bits per heavy atom. The molecule has 0 radical (unpaired) electrons. The smallest absolute Gasteiger partial charge is 0.214 e. The van der Waals surface area contributed by atoms with Gasteiger partial charge in [-0.1, -0.05) is 36.8 Å². The van der Waals surface area contributed by atoms with Gasteiger partial charge in [0, 0.05) is 13.2 Å². The molecule has 19 heavy (non-hydrogen) atoms. The molecular formula is C14H23NO3S. The molecule has 0 unspecified atom stereocenters. The van der Waals surface area contributed by atoms with Crippen LogP contribution in [0.1, 0.15) is 37.4 Å². The van der Waals surface area contributed by atoms with Gasteiger partial charge in [-0.2, -0.15) is 0 Å². The third-order valence-electron chi connectivity index (χ3n) is 3.07. The molecule has 0 heterocycles. The number of rotatable bonds is 7. The summed E-state index contributed by atoms with van der Waals surface area (Å²) in [7, 11) is -1.83. The summed E-state index contributed by atoms with van der Waals surface area (Å²) in [6.07, 6.45) is 0.400. The molecular weight excluding hydrogens is 262 g/mol. The lowest BCUT2D eigenvalue weighted by atomic mass is 10.0. The van der Waals surface area contributed by atoms with Gasteiger partial charge in [0.1, 0.15) is 0 Å². The monoisotopic (exact) mass is 285 g/mol. The largest absolute Gasteiger partial charge is 0.381 e. The molecule has 0 aliphatic carbocycles. The van der Waals surface area contributed by atoms with E-state index in [1.807, 2.05) is 38.1 Å². The van der Waals surface area contributed by atoms with Gasteiger partial charge in [0.15, 0.2) is 0 Å². The summed E-state index contributed by atoms with van der Waals surface area (Å²) in [5.41, 5.74) is 2.15. The van der Waals surface area contributed by atoms with Crippen LogP contribution in [0.15, 0.2) is 24.3 Å². The summed E-state index contributed by atoms with van der Waals surface area (Å²) in [5.74, 6) is -0.0220. The minimum atomic E-state index is -3.34. The Hall–Kier alpha value is -0.910. The maximum absolute atomic E-state index is 12.0. The average Bonchev–Trinajstić information content (AvgIpc) is 2.36. The van der Waals surface area contributed by atoms with Crippen molar-refractivity contribution in [2.24, 2.45) is 0 Å². The second-order valence-corrected chi connectivity index (χ2v) is 6.62. The second-order valence-electron chi connectivity index (χ2n) is 4.82. The van der Waals surface area contributed by atoms with E-state index in [0.717, 1.165) is 11.1 Å². The number of benzene rings is 1. The molecule has 108 valence electrons. The average molecular weight is 285 g/mol. The summed E-state index contributed by atoms with van der Waals surface area (Å²) < 4.78 is 31.8. The predicted molar refractivity (Wildman–Crippen MR) is 77.6 cm³/mol. The first-order valence-corrected chi connectivity index (χ1v) is 8.12. The Morgan fingerprint density at radius 3 is 2.32 bits per heavy atom. The lowest BCUT2D eigenvalue weighted by Gasteiger charge is -2.19. The van der Waals surface area contributed by atoms with Gasteiger partial charge in [-0.3, -0.25) is 0 Å². The third-order valence-corrected chi connectivity index (χ3v) is 4.62. The van der Waals surface area contributed by atoms with Gasteiger partial charge in [-0.05, 0) is 25.8 Å². The predicted octanol–water partition coefficient (Wildman–Crippen LogP) is 2.40. The molecule has 0 saturated carbocycles. The van der Waals surface area contributed by atoms with Crippen molar-refractivity contribution in [3.05, 3.63) is 35.4 Å². The van der Waals surface area contributed by atoms with E-state index >= 15 is 0 Å². The molecule has 0 aliphatic rings. The molecule has 5 heteroatoms. The standard InChI is InChI=1S/C14H23NO3S/c1-5-14(13-8-6-11(2)7-9-13)15-19(16,17)10-12(3)18-4/h6-9,12,14-15H,5,10H2,1-4H3/t12-,14-/m1/s1. The van der Waals surface area contributed by atoms with E-state index in [9.17, 15) is 8.42 Å². The Labute approximate surface area is 116 Å². The Balaban J connectivity index is 2.79. The number of methoxy groups -OCH3 is 1. The lowest BCUT2D eigenvalue weighted by Crippen LogP contribution is -2.34. The van der Waals surface area contributed by atoms with Crippen LogP contribution >= 0.6 is 0 Å². The fraction of sp³-hybridized carbons (Fsp3) is 0.571. The zero-order valence-corrected chi connectivity index (χ0v) is 12.8. The lowest BCUT2D eigenvalue weighted by molar-refractivity contribution is 0.136. The van der Waals surface area contributed by atoms with Gasteiger partial charge in [0.05, 0.1) is 11.9 Å². The van der Waals surface area contributed by atoms with E-state index in [0.29, 0.717) is 6.42 Å². The van der Waals surface area contributed by atoms with Crippen LogP contribution in [0.5, 0.6) is 0 Å². The van der Waals surface area contributed by atoms with E-state index in [2.05, 4.69) is 4.72 Å². The third kappa shape index (κ3) is 5.30. The molecule has 1 aromatic rings. The van der Waals surface area contributed by atoms with Crippen LogP contribution in [-0.4, -0.2) is 27.4 Å². The highest BCUT2D eigenvalue weighted by Gasteiger charge is 2.20. The molecule has 1 N–H and O–H groups in total. The van der Waals surface area contributed by atoms with E-state index < -0.39 is 10.0 Å². The molecule has 0 aliphatic heterocycles. The SMILES string of the molecule is CC[C@@H](NS(=O)(=O)C[C@@H](C)OC)c1ccc(C)cc1. The number of aryl methyl sites for hydroxylation is 1. The van der Waals surface area contributed by atoms with Crippen LogP contribution in [0.2, 0.25) is 0 Å². The summed E-state index contributed by atoms with van der Waals surface area (Å²) in [5, 5.41) is 0. The fourth-order valence-corrected chi connectivity index (χ4v) is 3.41. The number of hydrogen-bond donors (Lipinski definition) is 1. The normalized spacial score (nSPS) is 15.2. The number of hydrogen-bond acceptors (Lipinski definition) is 3. The van der Waals surface area contributed by atoms with E-state index in [1.165, 1.54) is 7.11 Å². The van der Waals surface area contributed by atoms with Crippen molar-refractivity contribution in [3.63, 3.8) is 0 Å². The minimum absolute atomic E-state index is 0.0220. The van der Waals surface area contributed by atoms with Gasteiger partial charge in [-0.25, -0.2) is 13.1 Å². The first-order valence-electron chi connectivity index (χ1n) is 6.47. The van der Waals surface area contributed by atoms with E-state index in [4.69, 9.17) is 4.74 Å². The highest BCUT2D eigenvalue weighted by molar-refractivity contribution is 7.89. The summed E-state index contributed by atoms with van der Waals surface area (Å²) in [6.45, 7) is 5.72. The number of nitrogens with one attached hydrogen (secondary N) is 1. The van der Waals surface area contributed by atoms with Crippen molar-refractivity contribution < 1.29 is 13.2 Å². The first kappa shape index (κ1) is 16.1. The summed E-state index contributed by atoms with van der Waals surface area (Å²) in [6, 6.07) is 7.72. The van der Waals surface area contributed by atoms with Crippen LogP contribution < -0.4 is 4.72 Å². The van der Waals surface area contributed by atoms with Crippen molar-refractivity contribution >= 4 is 10.0 Å². The van der Waals surface area contributed by atoms with Crippen molar-refractivity contribution in [2.45, 2.75) is 39.3 Å². The highest BCUT2D eigenvalue weighted by Crippen LogP contribution is 2.18. The molecule has 4 nitrogen and oxygen atoms in total. The van der Waals surface area contributed by atoms with Crippen LogP contribution in [0.25, 0.3) is 0 Å². The molecule has 0 saturated heterocycles. The van der Waals surface area contributed by atoms with Crippen LogP contribution in [0.4, 0.5) is 0 Å². The van der Waals surface area contributed by atoms with Crippen LogP contribution in [-0.2, 0) is 14.8 Å². The van der Waals surface area contributed by atoms with Gasteiger partial charge < -0.3 is 4.74 Å². The zero-order chi connectivity index (χ0) is 14.5. The van der Waals surface area contributed by atoms with Crippen LogP contribution in [0, 0.1) is 6.92 Å². The summed E-state index contributed by atoms with van der Waals surface area (Å²) in [4.78, 5) is 0. The Kier molecular flexibility index (Phi) is 5.97. The Bertz CT molecular complexity index is 482. The van der Waals surface area contributed by atoms with Crippen molar-refractivity contribution in [1.82, 2.24) is 4.72 Å². The van der Waals surface area contributed by atoms with Gasteiger partial charge in [0.25, 0.3) is 0 Å². The first-order chi connectivity index (χ1) is 8.88. The van der Waals surface area contributed by atoms with Gasteiger partial charge >= 0.3 is 0 Å². The van der Waals surface area contributed by atoms with Crippen molar-refractivity contribution in [3.8, 4) is 0 Å². The molecule has 2 atom stereocenters. The van der Waals surface area contributed by atoms with Gasteiger partial charge in [-0.15, -0.1) is 0 Å². The Morgan fingerprint density at radius 1 is 1.26 bits per heavy atom. The van der Waals surface area contributed by atoms with Gasteiger partial charge in [0.2, 0.25) is 10.0 Å². The maximum Gasteiger partial charge on any atom is 0.214 e. The van der Waals surface area contributed by atoms with Crippen molar-refractivity contribution in [1.29, 1.82) is 0 Å². The second kappa shape index (κ2) is 7.03. The molecule has 1 rings (SSSR count). The highest BCUT2D eigenvalue weighted by atomic mass is 32.2. The van der Waals surface area contributed by atoms with E-state index in [1.54, 1.807) is 6.92 Å². The minimum Gasteiger partial charge on any atom is -0.381 e. The molecule has 0 aromatic heterocycles. The topological polar surface area (TPSA) is 55.4 Å². The maximum atomic E-state index is 12.0. The molecule has 0 bridgehead atoms. The van der Waals surface area contributed by atoms with Crippen LogP contribution in [0.3, 0.4) is 0 Å². The number of ether oxygens (including phenoxy) is 1. The molecule has 0 fully saturated rings. The fourth-order valence-electron chi connectivity index (χ4n) is 1.83. The number of sulfonamides is 1. The molecule has 1 aromatic carbocycles. The zero-order valence-electron chi connectivity index (χ0n) is 12.0. The quantitative estimate of drug-likeness (QED) is 0.837.